The van der Waals surface area contributed by atoms with E-state index in [0.29, 0.717) is 5.15 Å². The van der Waals surface area contributed by atoms with Gasteiger partial charge in [-0.05, 0) is 13.0 Å². The van der Waals surface area contributed by atoms with E-state index in [4.69, 9.17) is 16.7 Å². The topological polar surface area (TPSA) is 52.5 Å². The normalized spacial score (nSPS) is 18.1. The summed E-state index contributed by atoms with van der Waals surface area (Å²) in [4.78, 5) is 12.8. The summed E-state index contributed by atoms with van der Waals surface area (Å²) in [6.07, 6.45) is 4.35. The fraction of sp³-hybridized carbons (Fsp3) is 0.636. The number of aromatic nitrogens is 2. The summed E-state index contributed by atoms with van der Waals surface area (Å²) < 4.78 is 0. The van der Waals surface area contributed by atoms with E-state index in [9.17, 15) is 0 Å². The molecule has 1 aromatic heterocycles. The third-order valence-electron chi connectivity index (χ3n) is 2.92. The van der Waals surface area contributed by atoms with Gasteiger partial charge >= 0.3 is 0 Å². The minimum atomic E-state index is 0.219. The van der Waals surface area contributed by atoms with Gasteiger partial charge in [-0.2, -0.15) is 0 Å². The lowest BCUT2D eigenvalue weighted by molar-refractivity contribution is 0.204. The molecule has 1 aliphatic rings. The molecule has 2 rings (SSSR count). The highest BCUT2D eigenvalue weighted by molar-refractivity contribution is 6.29. The molecule has 1 aliphatic heterocycles. The molecule has 6 heteroatoms. The maximum Gasteiger partial charge on any atom is 0.149 e. The van der Waals surface area contributed by atoms with E-state index in [1.165, 1.54) is 0 Å². The van der Waals surface area contributed by atoms with Crippen molar-refractivity contribution < 1.29 is 5.11 Å². The maximum absolute atomic E-state index is 8.93. The predicted octanol–water partition coefficient (Wildman–Crippen LogP) is 0.634. The number of aliphatic hydroxyl groups is 1. The first kappa shape index (κ1) is 12.5. The lowest BCUT2D eigenvalue weighted by Gasteiger charge is -2.21. The van der Waals surface area contributed by atoms with Crippen LogP contribution in [0.15, 0.2) is 12.4 Å². The number of hydrogen-bond donors (Lipinski definition) is 1. The first-order chi connectivity index (χ1) is 8.29. The Morgan fingerprint density at radius 1 is 1.24 bits per heavy atom. The first-order valence-electron chi connectivity index (χ1n) is 5.85. The lowest BCUT2D eigenvalue weighted by atomic mass is 10.4. The molecule has 1 saturated heterocycles. The summed E-state index contributed by atoms with van der Waals surface area (Å²) in [6, 6.07) is 0. The van der Waals surface area contributed by atoms with E-state index in [1.807, 2.05) is 0 Å². The van der Waals surface area contributed by atoms with Gasteiger partial charge in [-0.3, -0.25) is 9.88 Å². The van der Waals surface area contributed by atoms with Crippen molar-refractivity contribution in [2.45, 2.75) is 6.42 Å². The average Bonchev–Trinajstić information content (AvgIpc) is 2.55. The second-order valence-electron chi connectivity index (χ2n) is 4.11. The molecular weight excluding hydrogens is 240 g/mol. The fourth-order valence-corrected chi connectivity index (χ4v) is 2.19. The van der Waals surface area contributed by atoms with Gasteiger partial charge in [0, 0.05) is 26.2 Å². The monoisotopic (exact) mass is 256 g/mol. The van der Waals surface area contributed by atoms with E-state index in [0.717, 1.165) is 45.0 Å². The van der Waals surface area contributed by atoms with Gasteiger partial charge < -0.3 is 10.0 Å². The van der Waals surface area contributed by atoms with Gasteiger partial charge in [0.05, 0.1) is 19.0 Å². The molecule has 0 atom stereocenters. The Labute approximate surface area is 106 Å². The standard InChI is InChI=1S/C11H17ClN4O/c12-10-8-13-9-11(14-10)16-3-1-2-15(4-5-16)6-7-17/h8-9,17H,1-7H2. The van der Waals surface area contributed by atoms with Crippen molar-refractivity contribution in [3.63, 3.8) is 0 Å². The maximum atomic E-state index is 8.93. The average molecular weight is 257 g/mol. The number of halogens is 1. The quantitative estimate of drug-likeness (QED) is 0.860. The van der Waals surface area contributed by atoms with Crippen molar-refractivity contribution in [3.05, 3.63) is 17.5 Å². The van der Waals surface area contributed by atoms with Gasteiger partial charge in [-0.1, -0.05) is 11.6 Å². The number of nitrogens with zero attached hydrogens (tertiary/aromatic N) is 4. The zero-order chi connectivity index (χ0) is 12.1. The van der Waals surface area contributed by atoms with Gasteiger partial charge in [0.2, 0.25) is 0 Å². The Balaban J connectivity index is 1.99. The summed E-state index contributed by atoms with van der Waals surface area (Å²) >= 11 is 5.84. The minimum absolute atomic E-state index is 0.219. The van der Waals surface area contributed by atoms with Gasteiger partial charge in [-0.15, -0.1) is 0 Å². The summed E-state index contributed by atoms with van der Waals surface area (Å²) in [5.74, 6) is 0.836. The minimum Gasteiger partial charge on any atom is -0.395 e. The number of β-amino-alcohol motifs (C(OH)–C–C–N with tert-alkyl or cyclic N) is 1. The van der Waals surface area contributed by atoms with Crippen LogP contribution in [0.5, 0.6) is 0 Å². The summed E-state index contributed by atoms with van der Waals surface area (Å²) in [7, 11) is 0. The Bertz CT molecular complexity index is 363. The van der Waals surface area contributed by atoms with Crippen LogP contribution in [0.4, 0.5) is 5.82 Å². The van der Waals surface area contributed by atoms with Crippen LogP contribution in [0.1, 0.15) is 6.42 Å². The van der Waals surface area contributed by atoms with Crippen molar-refractivity contribution in [2.24, 2.45) is 0 Å². The van der Waals surface area contributed by atoms with Gasteiger partial charge in [0.1, 0.15) is 11.0 Å². The molecule has 5 nitrogen and oxygen atoms in total. The molecule has 0 amide bonds. The molecule has 94 valence electrons. The second-order valence-corrected chi connectivity index (χ2v) is 4.49. The number of hydrogen-bond acceptors (Lipinski definition) is 5. The highest BCUT2D eigenvalue weighted by atomic mass is 35.5. The zero-order valence-electron chi connectivity index (χ0n) is 9.72. The molecule has 1 fully saturated rings. The van der Waals surface area contributed by atoms with Gasteiger partial charge in [-0.25, -0.2) is 4.98 Å². The third kappa shape index (κ3) is 3.52. The molecule has 0 radical (unpaired) electrons. The highest BCUT2D eigenvalue weighted by Crippen LogP contribution is 2.14. The molecular formula is C11H17ClN4O. The smallest absolute Gasteiger partial charge is 0.149 e. The van der Waals surface area contributed by atoms with E-state index in [2.05, 4.69) is 19.8 Å². The van der Waals surface area contributed by atoms with Crippen molar-refractivity contribution >= 4 is 17.4 Å². The Kier molecular flexibility index (Phi) is 4.53. The Hall–Kier alpha value is -0.910. The lowest BCUT2D eigenvalue weighted by Crippen LogP contribution is -2.32. The number of anilines is 1. The summed E-state index contributed by atoms with van der Waals surface area (Å²) in [5, 5.41) is 9.36. The molecule has 0 aromatic carbocycles. The molecule has 0 spiro atoms. The molecule has 0 bridgehead atoms. The number of aliphatic hydroxyl groups excluding tert-OH is 1. The van der Waals surface area contributed by atoms with E-state index >= 15 is 0 Å². The number of rotatable bonds is 3. The van der Waals surface area contributed by atoms with Gasteiger partial charge in [0.25, 0.3) is 0 Å². The molecule has 1 aromatic rings. The predicted molar refractivity (Wildman–Crippen MR) is 67.4 cm³/mol. The third-order valence-corrected chi connectivity index (χ3v) is 3.10. The molecule has 2 heterocycles. The molecule has 1 N–H and O–H groups in total. The van der Waals surface area contributed by atoms with Crippen LogP contribution in [-0.2, 0) is 0 Å². The van der Waals surface area contributed by atoms with E-state index < -0.39 is 0 Å². The molecule has 17 heavy (non-hydrogen) atoms. The van der Waals surface area contributed by atoms with Crippen molar-refractivity contribution in [3.8, 4) is 0 Å². The van der Waals surface area contributed by atoms with Gasteiger partial charge in [0.15, 0.2) is 0 Å². The van der Waals surface area contributed by atoms with E-state index in [1.54, 1.807) is 12.4 Å². The largest absolute Gasteiger partial charge is 0.395 e. The van der Waals surface area contributed by atoms with Crippen LogP contribution in [0, 0.1) is 0 Å². The molecule has 0 unspecified atom stereocenters. The van der Waals surface area contributed by atoms with E-state index in [-0.39, 0.29) is 6.61 Å². The summed E-state index contributed by atoms with van der Waals surface area (Å²) in [6.45, 7) is 4.78. The zero-order valence-corrected chi connectivity index (χ0v) is 10.5. The second kappa shape index (κ2) is 6.14. The van der Waals surface area contributed by atoms with Crippen LogP contribution in [0.3, 0.4) is 0 Å². The highest BCUT2D eigenvalue weighted by Gasteiger charge is 2.15. The van der Waals surface area contributed by atoms with Crippen LogP contribution in [-0.4, -0.2) is 59.3 Å². The van der Waals surface area contributed by atoms with Crippen molar-refractivity contribution in [1.29, 1.82) is 0 Å². The van der Waals surface area contributed by atoms with Crippen molar-refractivity contribution in [2.75, 3.05) is 44.2 Å². The summed E-state index contributed by atoms with van der Waals surface area (Å²) in [5.41, 5.74) is 0. The van der Waals surface area contributed by atoms with Crippen LogP contribution < -0.4 is 4.90 Å². The van der Waals surface area contributed by atoms with Crippen LogP contribution in [0.25, 0.3) is 0 Å². The van der Waals surface area contributed by atoms with Crippen LogP contribution >= 0.6 is 11.6 Å². The molecule has 0 aliphatic carbocycles. The first-order valence-corrected chi connectivity index (χ1v) is 6.23. The Morgan fingerprint density at radius 2 is 2.12 bits per heavy atom. The Morgan fingerprint density at radius 3 is 2.88 bits per heavy atom. The van der Waals surface area contributed by atoms with Crippen LogP contribution in [0.2, 0.25) is 5.15 Å². The SMILES string of the molecule is OCCN1CCCN(c2cncc(Cl)n2)CC1. The molecule has 0 saturated carbocycles. The fourth-order valence-electron chi connectivity index (χ4n) is 2.05. The van der Waals surface area contributed by atoms with Crippen molar-refractivity contribution in [1.82, 2.24) is 14.9 Å².